The van der Waals surface area contributed by atoms with Crippen molar-refractivity contribution in [2.75, 3.05) is 34.4 Å². The molecule has 0 radical (unpaired) electrons. The Bertz CT molecular complexity index is 590. The summed E-state index contributed by atoms with van der Waals surface area (Å²) in [5.74, 6) is 1.60. The van der Waals surface area contributed by atoms with Gasteiger partial charge in [-0.15, -0.1) is 0 Å². The van der Waals surface area contributed by atoms with Crippen LogP contribution in [0.2, 0.25) is 0 Å². The zero-order chi connectivity index (χ0) is 17.1. The van der Waals surface area contributed by atoms with Crippen molar-refractivity contribution < 1.29 is 14.3 Å². The first-order valence-electron chi connectivity index (χ1n) is 8.84. The summed E-state index contributed by atoms with van der Waals surface area (Å²) in [6.07, 6.45) is 5.13. The summed E-state index contributed by atoms with van der Waals surface area (Å²) in [7, 11) is 5.43. The standard InChI is InChI=1S/C19H28N2O3/c1-20-10-4-6-15(20)16-7-5-11-21(16)19(22)13-14-8-9-17(23-2)18(12-14)24-3/h8-9,12,15-16H,4-7,10-11,13H2,1-3H3/t15-,16-/m0/s1. The van der Waals surface area contributed by atoms with E-state index in [0.717, 1.165) is 31.5 Å². The zero-order valence-corrected chi connectivity index (χ0v) is 15.0. The molecular weight excluding hydrogens is 304 g/mol. The third kappa shape index (κ3) is 3.36. The summed E-state index contributed by atoms with van der Waals surface area (Å²) in [4.78, 5) is 17.4. The lowest BCUT2D eigenvalue weighted by Crippen LogP contribution is -2.47. The van der Waals surface area contributed by atoms with Gasteiger partial charge in [0.05, 0.1) is 20.6 Å². The summed E-state index contributed by atoms with van der Waals surface area (Å²) >= 11 is 0. The number of methoxy groups -OCH3 is 2. The van der Waals surface area contributed by atoms with Crippen molar-refractivity contribution in [3.63, 3.8) is 0 Å². The quantitative estimate of drug-likeness (QED) is 0.830. The molecule has 1 aromatic rings. The molecule has 2 fully saturated rings. The van der Waals surface area contributed by atoms with Crippen LogP contribution in [0.3, 0.4) is 0 Å². The van der Waals surface area contributed by atoms with E-state index in [1.807, 2.05) is 18.2 Å². The second kappa shape index (κ2) is 7.43. The number of benzene rings is 1. The fourth-order valence-electron chi connectivity index (χ4n) is 4.19. The molecule has 5 nitrogen and oxygen atoms in total. The Hall–Kier alpha value is -1.75. The molecule has 24 heavy (non-hydrogen) atoms. The van der Waals surface area contributed by atoms with Gasteiger partial charge < -0.3 is 19.3 Å². The van der Waals surface area contributed by atoms with E-state index in [2.05, 4.69) is 16.8 Å². The van der Waals surface area contributed by atoms with Crippen molar-refractivity contribution in [3.05, 3.63) is 23.8 Å². The Morgan fingerprint density at radius 3 is 2.46 bits per heavy atom. The van der Waals surface area contributed by atoms with Gasteiger partial charge in [-0.1, -0.05) is 6.07 Å². The Labute approximate surface area is 144 Å². The SMILES string of the molecule is COc1ccc(CC(=O)N2CCC[C@H]2[C@@H]2CCCN2C)cc1OC. The molecule has 132 valence electrons. The van der Waals surface area contributed by atoms with Gasteiger partial charge >= 0.3 is 0 Å². The Morgan fingerprint density at radius 2 is 1.79 bits per heavy atom. The molecular formula is C19H28N2O3. The van der Waals surface area contributed by atoms with E-state index in [1.165, 1.54) is 12.8 Å². The van der Waals surface area contributed by atoms with Gasteiger partial charge in [0.15, 0.2) is 11.5 Å². The maximum atomic E-state index is 12.9. The van der Waals surface area contributed by atoms with Gasteiger partial charge in [0.25, 0.3) is 0 Å². The topological polar surface area (TPSA) is 42.0 Å². The van der Waals surface area contributed by atoms with Crippen LogP contribution in [0.5, 0.6) is 11.5 Å². The van der Waals surface area contributed by atoms with Crippen molar-refractivity contribution in [1.29, 1.82) is 0 Å². The zero-order valence-electron chi connectivity index (χ0n) is 15.0. The van der Waals surface area contributed by atoms with Crippen LogP contribution in [-0.2, 0) is 11.2 Å². The minimum atomic E-state index is 0.227. The predicted molar refractivity (Wildman–Crippen MR) is 93.6 cm³/mol. The van der Waals surface area contributed by atoms with Crippen molar-refractivity contribution in [2.24, 2.45) is 0 Å². The van der Waals surface area contributed by atoms with E-state index in [9.17, 15) is 4.79 Å². The van der Waals surface area contributed by atoms with E-state index in [0.29, 0.717) is 30.0 Å². The number of carbonyl (C=O) groups excluding carboxylic acids is 1. The average molecular weight is 332 g/mol. The molecule has 0 unspecified atom stereocenters. The highest BCUT2D eigenvalue weighted by Gasteiger charge is 2.38. The van der Waals surface area contributed by atoms with Gasteiger partial charge in [-0.25, -0.2) is 0 Å². The number of likely N-dealkylation sites (tertiary alicyclic amines) is 2. The molecule has 2 aliphatic heterocycles. The second-order valence-electron chi connectivity index (χ2n) is 6.85. The number of carbonyl (C=O) groups is 1. The number of amides is 1. The summed E-state index contributed by atoms with van der Waals surface area (Å²) < 4.78 is 10.6. The summed E-state index contributed by atoms with van der Waals surface area (Å²) in [6, 6.07) is 6.63. The fraction of sp³-hybridized carbons (Fsp3) is 0.632. The minimum Gasteiger partial charge on any atom is -0.493 e. The van der Waals surface area contributed by atoms with Crippen molar-refractivity contribution >= 4 is 5.91 Å². The number of hydrogen-bond acceptors (Lipinski definition) is 4. The molecule has 0 spiro atoms. The first kappa shape index (κ1) is 17.1. The molecule has 2 heterocycles. The normalized spacial score (nSPS) is 24.4. The van der Waals surface area contributed by atoms with Gasteiger partial charge in [-0.2, -0.15) is 0 Å². The lowest BCUT2D eigenvalue weighted by Gasteiger charge is -2.33. The Balaban J connectivity index is 1.70. The third-order valence-electron chi connectivity index (χ3n) is 5.44. The highest BCUT2D eigenvalue weighted by atomic mass is 16.5. The van der Waals surface area contributed by atoms with Gasteiger partial charge in [0.1, 0.15) is 0 Å². The summed E-state index contributed by atoms with van der Waals surface area (Å²) in [6.45, 7) is 2.04. The number of nitrogens with zero attached hydrogens (tertiary/aromatic N) is 2. The highest BCUT2D eigenvalue weighted by molar-refractivity contribution is 5.79. The first-order chi connectivity index (χ1) is 11.6. The van der Waals surface area contributed by atoms with E-state index >= 15 is 0 Å². The molecule has 5 heteroatoms. The van der Waals surface area contributed by atoms with Gasteiger partial charge in [-0.05, 0) is 57.0 Å². The van der Waals surface area contributed by atoms with Crippen LogP contribution >= 0.6 is 0 Å². The van der Waals surface area contributed by atoms with E-state index in [-0.39, 0.29) is 5.91 Å². The smallest absolute Gasteiger partial charge is 0.227 e. The van der Waals surface area contributed by atoms with E-state index in [1.54, 1.807) is 14.2 Å². The average Bonchev–Trinajstić information content (AvgIpc) is 3.22. The van der Waals surface area contributed by atoms with Gasteiger partial charge in [-0.3, -0.25) is 4.79 Å². The molecule has 1 aromatic carbocycles. The number of ether oxygens (including phenoxy) is 2. The summed E-state index contributed by atoms with van der Waals surface area (Å²) in [5, 5.41) is 0. The van der Waals surface area contributed by atoms with Crippen LogP contribution in [0, 0.1) is 0 Å². The molecule has 0 aliphatic carbocycles. The van der Waals surface area contributed by atoms with Crippen LogP contribution in [-0.4, -0.2) is 62.1 Å². The first-order valence-corrected chi connectivity index (χ1v) is 8.84. The van der Waals surface area contributed by atoms with Crippen molar-refractivity contribution in [1.82, 2.24) is 9.80 Å². The van der Waals surface area contributed by atoms with Crippen LogP contribution < -0.4 is 9.47 Å². The lowest BCUT2D eigenvalue weighted by molar-refractivity contribution is -0.132. The maximum absolute atomic E-state index is 12.9. The fourth-order valence-corrected chi connectivity index (χ4v) is 4.19. The maximum Gasteiger partial charge on any atom is 0.227 e. The number of hydrogen-bond donors (Lipinski definition) is 0. The van der Waals surface area contributed by atoms with Crippen LogP contribution in [0.4, 0.5) is 0 Å². The van der Waals surface area contributed by atoms with Crippen molar-refractivity contribution in [2.45, 2.75) is 44.2 Å². The highest BCUT2D eigenvalue weighted by Crippen LogP contribution is 2.31. The molecule has 2 aliphatic rings. The Morgan fingerprint density at radius 1 is 1.08 bits per heavy atom. The summed E-state index contributed by atoms with van der Waals surface area (Å²) in [5.41, 5.74) is 0.975. The van der Waals surface area contributed by atoms with Crippen LogP contribution in [0.1, 0.15) is 31.2 Å². The molecule has 2 atom stereocenters. The van der Waals surface area contributed by atoms with E-state index < -0.39 is 0 Å². The molecule has 2 saturated heterocycles. The molecule has 0 N–H and O–H groups in total. The minimum absolute atomic E-state index is 0.227. The third-order valence-corrected chi connectivity index (χ3v) is 5.44. The van der Waals surface area contributed by atoms with Gasteiger partial charge in [0.2, 0.25) is 5.91 Å². The van der Waals surface area contributed by atoms with Crippen LogP contribution in [0.15, 0.2) is 18.2 Å². The molecule has 1 amide bonds. The van der Waals surface area contributed by atoms with Crippen molar-refractivity contribution in [3.8, 4) is 11.5 Å². The largest absolute Gasteiger partial charge is 0.493 e. The lowest BCUT2D eigenvalue weighted by atomic mass is 10.0. The molecule has 0 saturated carbocycles. The van der Waals surface area contributed by atoms with Crippen LogP contribution in [0.25, 0.3) is 0 Å². The molecule has 3 rings (SSSR count). The number of rotatable bonds is 5. The van der Waals surface area contributed by atoms with Gasteiger partial charge in [0, 0.05) is 18.6 Å². The van der Waals surface area contributed by atoms with E-state index in [4.69, 9.17) is 9.47 Å². The Kier molecular flexibility index (Phi) is 5.29. The predicted octanol–water partition coefficient (Wildman–Crippen LogP) is 2.33. The molecule has 0 aromatic heterocycles. The number of likely N-dealkylation sites (N-methyl/N-ethyl adjacent to an activating group) is 1. The second-order valence-corrected chi connectivity index (χ2v) is 6.85. The molecule has 0 bridgehead atoms. The monoisotopic (exact) mass is 332 g/mol.